The number of nitrogens with one attached hydrogen (secondary N) is 1. The quantitative estimate of drug-likeness (QED) is 0.731. The molecule has 0 aliphatic carbocycles. The summed E-state index contributed by atoms with van der Waals surface area (Å²) in [6, 6.07) is 0.515. The molecular formula is C16H32N2O4. The van der Waals surface area contributed by atoms with E-state index in [1.54, 1.807) is 14.2 Å². The van der Waals surface area contributed by atoms with Crippen molar-refractivity contribution in [3.63, 3.8) is 0 Å². The molecule has 2 unspecified atom stereocenters. The maximum atomic E-state index is 12.3. The lowest BCUT2D eigenvalue weighted by Crippen LogP contribution is -2.43. The Balaban J connectivity index is 2.44. The van der Waals surface area contributed by atoms with Crippen molar-refractivity contribution < 1.29 is 19.0 Å². The van der Waals surface area contributed by atoms with Crippen molar-refractivity contribution in [3.05, 3.63) is 0 Å². The molecule has 0 aromatic rings. The Morgan fingerprint density at radius 3 is 2.50 bits per heavy atom. The van der Waals surface area contributed by atoms with Gasteiger partial charge in [-0.1, -0.05) is 0 Å². The Labute approximate surface area is 134 Å². The Hall–Kier alpha value is -0.850. The SMILES string of the molecule is COC(CNC(C)CC1CCCN1C(=O)OC(C)(C)C)OC. The van der Waals surface area contributed by atoms with Gasteiger partial charge in [-0.2, -0.15) is 0 Å². The topological polar surface area (TPSA) is 60.0 Å². The monoisotopic (exact) mass is 316 g/mol. The van der Waals surface area contributed by atoms with E-state index in [0.717, 1.165) is 25.8 Å². The Kier molecular flexibility index (Phi) is 7.59. The van der Waals surface area contributed by atoms with E-state index in [0.29, 0.717) is 6.54 Å². The van der Waals surface area contributed by atoms with Crippen LogP contribution in [0.2, 0.25) is 0 Å². The van der Waals surface area contributed by atoms with E-state index in [4.69, 9.17) is 14.2 Å². The average Bonchev–Trinajstić information content (AvgIpc) is 2.86. The predicted molar refractivity (Wildman–Crippen MR) is 85.8 cm³/mol. The molecule has 2 atom stereocenters. The Morgan fingerprint density at radius 1 is 1.32 bits per heavy atom. The van der Waals surface area contributed by atoms with Gasteiger partial charge >= 0.3 is 6.09 Å². The molecule has 1 aliphatic rings. The van der Waals surface area contributed by atoms with E-state index in [1.165, 1.54) is 0 Å². The first-order chi connectivity index (χ1) is 10.3. The zero-order valence-corrected chi connectivity index (χ0v) is 14.8. The summed E-state index contributed by atoms with van der Waals surface area (Å²) in [5, 5.41) is 3.39. The van der Waals surface area contributed by atoms with Gasteiger partial charge in [0, 0.05) is 39.4 Å². The molecule has 0 saturated carbocycles. The molecule has 1 fully saturated rings. The minimum Gasteiger partial charge on any atom is -0.444 e. The summed E-state index contributed by atoms with van der Waals surface area (Å²) in [6.45, 7) is 9.23. The lowest BCUT2D eigenvalue weighted by Gasteiger charge is -2.30. The minimum absolute atomic E-state index is 0.200. The number of carbonyl (C=O) groups excluding carboxylic acids is 1. The van der Waals surface area contributed by atoms with Crippen LogP contribution in [-0.4, -0.2) is 62.3 Å². The van der Waals surface area contributed by atoms with E-state index in [2.05, 4.69) is 12.2 Å². The summed E-state index contributed by atoms with van der Waals surface area (Å²) in [6.07, 6.45) is 2.53. The molecule has 0 spiro atoms. The molecule has 6 nitrogen and oxygen atoms in total. The predicted octanol–water partition coefficient (Wildman–Crippen LogP) is 2.37. The highest BCUT2D eigenvalue weighted by Gasteiger charge is 2.32. The highest BCUT2D eigenvalue weighted by molar-refractivity contribution is 5.68. The molecule has 0 aromatic carbocycles. The number of rotatable bonds is 7. The molecule has 1 rings (SSSR count). The lowest BCUT2D eigenvalue weighted by atomic mass is 10.1. The van der Waals surface area contributed by atoms with Crippen molar-refractivity contribution in [1.29, 1.82) is 0 Å². The number of likely N-dealkylation sites (tertiary alicyclic amines) is 1. The first-order valence-electron chi connectivity index (χ1n) is 8.05. The molecule has 0 bridgehead atoms. The minimum atomic E-state index is -0.446. The summed E-state index contributed by atoms with van der Waals surface area (Å²) in [5.74, 6) is 0. The van der Waals surface area contributed by atoms with Gasteiger partial charge in [0.05, 0.1) is 0 Å². The van der Waals surface area contributed by atoms with Crippen LogP contribution in [0.15, 0.2) is 0 Å². The first-order valence-corrected chi connectivity index (χ1v) is 8.05. The number of hydrogen-bond donors (Lipinski definition) is 1. The average molecular weight is 316 g/mol. The fourth-order valence-corrected chi connectivity index (χ4v) is 2.69. The molecule has 1 amide bonds. The number of nitrogens with zero attached hydrogens (tertiary/aromatic N) is 1. The van der Waals surface area contributed by atoms with E-state index >= 15 is 0 Å². The van der Waals surface area contributed by atoms with Crippen LogP contribution in [0.5, 0.6) is 0 Å². The van der Waals surface area contributed by atoms with Gasteiger partial charge in [-0.3, -0.25) is 0 Å². The van der Waals surface area contributed by atoms with Crippen molar-refractivity contribution in [2.24, 2.45) is 0 Å². The normalized spacial score (nSPS) is 20.5. The molecular weight excluding hydrogens is 284 g/mol. The van der Waals surface area contributed by atoms with Crippen LogP contribution in [0.1, 0.15) is 47.0 Å². The largest absolute Gasteiger partial charge is 0.444 e. The van der Waals surface area contributed by atoms with Gasteiger partial charge in [0.15, 0.2) is 6.29 Å². The van der Waals surface area contributed by atoms with Gasteiger partial charge in [-0.15, -0.1) is 0 Å². The highest BCUT2D eigenvalue weighted by atomic mass is 16.7. The summed E-state index contributed by atoms with van der Waals surface area (Å²) >= 11 is 0. The van der Waals surface area contributed by atoms with Crippen molar-refractivity contribution in [1.82, 2.24) is 10.2 Å². The van der Waals surface area contributed by atoms with Crippen LogP contribution >= 0.6 is 0 Å². The smallest absolute Gasteiger partial charge is 0.410 e. The van der Waals surface area contributed by atoms with Gasteiger partial charge < -0.3 is 24.4 Å². The third kappa shape index (κ3) is 6.50. The van der Waals surface area contributed by atoms with E-state index in [-0.39, 0.29) is 24.5 Å². The van der Waals surface area contributed by atoms with Crippen LogP contribution in [0.4, 0.5) is 4.79 Å². The number of carbonyl (C=O) groups is 1. The van der Waals surface area contributed by atoms with E-state index in [1.807, 2.05) is 25.7 Å². The molecule has 22 heavy (non-hydrogen) atoms. The number of amides is 1. The van der Waals surface area contributed by atoms with Gasteiger partial charge in [-0.25, -0.2) is 4.79 Å². The van der Waals surface area contributed by atoms with Crippen molar-refractivity contribution in [2.75, 3.05) is 27.3 Å². The zero-order chi connectivity index (χ0) is 16.8. The third-order valence-corrected chi connectivity index (χ3v) is 3.79. The van der Waals surface area contributed by atoms with Gasteiger partial charge in [0.25, 0.3) is 0 Å². The summed E-state index contributed by atoms with van der Waals surface area (Å²) in [4.78, 5) is 14.1. The second kappa shape index (κ2) is 8.70. The van der Waals surface area contributed by atoms with Crippen molar-refractivity contribution in [3.8, 4) is 0 Å². The fraction of sp³-hybridized carbons (Fsp3) is 0.938. The standard InChI is InChI=1S/C16H32N2O4/c1-12(17-11-14(20-5)21-6)10-13-8-7-9-18(13)15(19)22-16(2,3)4/h12-14,17H,7-11H2,1-6H3. The number of hydrogen-bond acceptors (Lipinski definition) is 5. The molecule has 1 N–H and O–H groups in total. The zero-order valence-electron chi connectivity index (χ0n) is 14.8. The maximum Gasteiger partial charge on any atom is 0.410 e. The second-order valence-electron chi connectivity index (χ2n) is 6.92. The summed E-state index contributed by atoms with van der Waals surface area (Å²) < 4.78 is 15.8. The highest BCUT2D eigenvalue weighted by Crippen LogP contribution is 2.24. The Bertz CT molecular complexity index is 340. The summed E-state index contributed by atoms with van der Waals surface area (Å²) in [5.41, 5.74) is -0.446. The van der Waals surface area contributed by atoms with E-state index in [9.17, 15) is 4.79 Å². The van der Waals surface area contributed by atoms with Crippen molar-refractivity contribution >= 4 is 6.09 Å². The molecule has 6 heteroatoms. The van der Waals surface area contributed by atoms with E-state index < -0.39 is 5.60 Å². The van der Waals surface area contributed by atoms with Gasteiger partial charge in [0.2, 0.25) is 0 Å². The first kappa shape index (κ1) is 19.2. The molecule has 1 saturated heterocycles. The maximum absolute atomic E-state index is 12.3. The van der Waals surface area contributed by atoms with Crippen LogP contribution in [-0.2, 0) is 14.2 Å². The molecule has 1 aliphatic heterocycles. The second-order valence-corrected chi connectivity index (χ2v) is 6.92. The molecule has 130 valence electrons. The summed E-state index contributed by atoms with van der Waals surface area (Å²) in [7, 11) is 3.25. The van der Waals surface area contributed by atoms with Crippen LogP contribution in [0, 0.1) is 0 Å². The fourth-order valence-electron chi connectivity index (χ4n) is 2.69. The van der Waals surface area contributed by atoms with Crippen LogP contribution in [0.25, 0.3) is 0 Å². The number of ether oxygens (including phenoxy) is 3. The third-order valence-electron chi connectivity index (χ3n) is 3.79. The number of methoxy groups -OCH3 is 2. The van der Waals surface area contributed by atoms with Crippen molar-refractivity contribution in [2.45, 2.75) is 70.9 Å². The van der Waals surface area contributed by atoms with Crippen LogP contribution in [0.3, 0.4) is 0 Å². The van der Waals surface area contributed by atoms with Gasteiger partial charge in [-0.05, 0) is 47.0 Å². The van der Waals surface area contributed by atoms with Crippen LogP contribution < -0.4 is 5.32 Å². The van der Waals surface area contributed by atoms with Gasteiger partial charge in [0.1, 0.15) is 5.60 Å². The molecule has 0 aromatic heterocycles. The molecule has 1 heterocycles. The molecule has 0 radical (unpaired) electrons. The Morgan fingerprint density at radius 2 is 1.95 bits per heavy atom. The lowest BCUT2D eigenvalue weighted by molar-refractivity contribution is -0.0999.